The van der Waals surface area contributed by atoms with Crippen LogP contribution in [0.25, 0.3) is 0 Å². The number of hydrogen-bond acceptors (Lipinski definition) is 4. The van der Waals surface area contributed by atoms with Crippen LogP contribution in [0.3, 0.4) is 0 Å². The van der Waals surface area contributed by atoms with Gasteiger partial charge in [-0.15, -0.1) is 0 Å². The summed E-state index contributed by atoms with van der Waals surface area (Å²) in [4.78, 5) is 30.8. The van der Waals surface area contributed by atoms with Gasteiger partial charge >= 0.3 is 6.03 Å². The number of amides is 3. The summed E-state index contributed by atoms with van der Waals surface area (Å²) in [6, 6.07) is -0.322. The van der Waals surface area contributed by atoms with Gasteiger partial charge in [0.1, 0.15) is 0 Å². The fourth-order valence-electron chi connectivity index (χ4n) is 2.98. The molecule has 0 saturated carbocycles. The Morgan fingerprint density at radius 1 is 1.33 bits per heavy atom. The van der Waals surface area contributed by atoms with Crippen molar-refractivity contribution in [2.24, 2.45) is 4.99 Å². The highest BCUT2D eigenvalue weighted by atomic mass is 16.5. The summed E-state index contributed by atoms with van der Waals surface area (Å²) in [5, 5.41) is 5.74. The number of ether oxygens (including phenoxy) is 1. The molecule has 0 atom stereocenters. The minimum absolute atomic E-state index is 0.0921. The molecule has 0 aromatic carbocycles. The van der Waals surface area contributed by atoms with Crippen LogP contribution in [-0.4, -0.2) is 79.2 Å². The number of hydrogen-bond donors (Lipinski definition) is 2. The van der Waals surface area contributed by atoms with Gasteiger partial charge in [-0.3, -0.25) is 14.7 Å². The van der Waals surface area contributed by atoms with E-state index in [4.69, 9.17) is 4.74 Å². The topological polar surface area (TPSA) is 86.3 Å². The summed E-state index contributed by atoms with van der Waals surface area (Å²) in [7, 11) is 1.74. The molecule has 2 N–H and O–H groups in total. The van der Waals surface area contributed by atoms with Gasteiger partial charge in [-0.1, -0.05) is 0 Å². The second-order valence-electron chi connectivity index (χ2n) is 7.09. The lowest BCUT2D eigenvalue weighted by atomic mass is 10.1. The third-order valence-corrected chi connectivity index (χ3v) is 4.03. The van der Waals surface area contributed by atoms with Crippen molar-refractivity contribution in [3.8, 4) is 0 Å². The quantitative estimate of drug-likeness (QED) is 0.440. The van der Waals surface area contributed by atoms with E-state index < -0.39 is 0 Å². The number of imide groups is 1. The zero-order valence-corrected chi connectivity index (χ0v) is 15.1. The second-order valence-corrected chi connectivity index (χ2v) is 7.09. The van der Waals surface area contributed by atoms with Crippen LogP contribution in [-0.2, 0) is 9.53 Å². The molecule has 0 radical (unpaired) electrons. The molecule has 0 unspecified atom stereocenters. The first-order valence-electron chi connectivity index (χ1n) is 8.52. The van der Waals surface area contributed by atoms with Crippen molar-refractivity contribution in [2.45, 2.75) is 45.3 Å². The average Bonchev–Trinajstić information content (AvgIpc) is 2.83. The van der Waals surface area contributed by atoms with E-state index >= 15 is 0 Å². The Kier molecular flexibility index (Phi) is 6.04. The first-order chi connectivity index (χ1) is 11.3. The zero-order valence-electron chi connectivity index (χ0n) is 15.1. The van der Waals surface area contributed by atoms with Gasteiger partial charge in [0.05, 0.1) is 18.2 Å². The van der Waals surface area contributed by atoms with Crippen LogP contribution >= 0.6 is 0 Å². The van der Waals surface area contributed by atoms with Crippen molar-refractivity contribution >= 4 is 17.9 Å². The van der Waals surface area contributed by atoms with E-state index in [1.165, 1.54) is 4.90 Å². The van der Waals surface area contributed by atoms with E-state index in [1.54, 1.807) is 7.05 Å². The Morgan fingerprint density at radius 2 is 2.00 bits per heavy atom. The smallest absolute Gasteiger partial charge is 0.324 e. The maximum Gasteiger partial charge on any atom is 0.324 e. The number of aliphatic imine (C=N–C) groups is 1. The molecule has 136 valence electrons. The van der Waals surface area contributed by atoms with Gasteiger partial charge in [-0.2, -0.15) is 0 Å². The minimum atomic E-state index is -0.322. The Bertz CT molecular complexity index is 476. The fraction of sp³-hybridized carbons (Fsp3) is 0.812. The van der Waals surface area contributed by atoms with Crippen LogP contribution in [0.5, 0.6) is 0 Å². The van der Waals surface area contributed by atoms with Crippen molar-refractivity contribution in [1.82, 2.24) is 20.4 Å². The van der Waals surface area contributed by atoms with Crippen LogP contribution in [0.15, 0.2) is 4.99 Å². The number of nitrogens with zero attached hydrogens (tertiary/aromatic N) is 3. The van der Waals surface area contributed by atoms with E-state index in [2.05, 4.69) is 41.3 Å². The lowest BCUT2D eigenvalue weighted by Crippen LogP contribution is -2.49. The van der Waals surface area contributed by atoms with Crippen molar-refractivity contribution in [1.29, 1.82) is 0 Å². The number of carbonyl (C=O) groups excluding carboxylic acids is 2. The standard InChI is InChI=1S/C16H29N5O3/c1-16(2,3)24-12-5-8-20(9-6-12)14(17-4)18-7-10-21-13(22)11-19-15(21)23/h12H,5-11H2,1-4H3,(H,17,18)(H,19,23). The summed E-state index contributed by atoms with van der Waals surface area (Å²) in [5.74, 6) is 0.619. The molecule has 0 aromatic rings. The molecular weight excluding hydrogens is 310 g/mol. The molecule has 2 aliphatic heterocycles. The third-order valence-electron chi connectivity index (χ3n) is 4.03. The molecule has 8 heteroatoms. The number of rotatable bonds is 4. The van der Waals surface area contributed by atoms with Gasteiger partial charge in [0.2, 0.25) is 5.91 Å². The molecule has 24 heavy (non-hydrogen) atoms. The molecule has 2 saturated heterocycles. The third kappa shape index (κ3) is 5.09. The van der Waals surface area contributed by atoms with Gasteiger partial charge in [0.15, 0.2) is 5.96 Å². The van der Waals surface area contributed by atoms with E-state index in [1.807, 2.05) is 0 Å². The van der Waals surface area contributed by atoms with Crippen LogP contribution in [0.2, 0.25) is 0 Å². The summed E-state index contributed by atoms with van der Waals surface area (Å²) in [5.41, 5.74) is -0.115. The fourth-order valence-corrected chi connectivity index (χ4v) is 2.98. The highest BCUT2D eigenvalue weighted by Crippen LogP contribution is 2.20. The number of urea groups is 1. The molecule has 2 fully saturated rings. The van der Waals surface area contributed by atoms with Crippen LogP contribution in [0.4, 0.5) is 4.79 Å². The van der Waals surface area contributed by atoms with E-state index in [0.717, 1.165) is 31.9 Å². The largest absolute Gasteiger partial charge is 0.372 e. The van der Waals surface area contributed by atoms with E-state index in [9.17, 15) is 9.59 Å². The Labute approximate surface area is 143 Å². The predicted molar refractivity (Wildman–Crippen MR) is 91.9 cm³/mol. The molecule has 2 rings (SSSR count). The predicted octanol–water partition coefficient (Wildman–Crippen LogP) is 0.393. The summed E-state index contributed by atoms with van der Waals surface area (Å²) >= 11 is 0. The number of piperidine rings is 1. The monoisotopic (exact) mass is 339 g/mol. The second kappa shape index (κ2) is 7.83. The molecule has 2 aliphatic rings. The molecule has 0 spiro atoms. The molecule has 3 amide bonds. The molecule has 2 heterocycles. The molecule has 0 aliphatic carbocycles. The number of guanidine groups is 1. The summed E-state index contributed by atoms with van der Waals surface area (Å²) in [6.07, 6.45) is 2.21. The highest BCUT2D eigenvalue weighted by molar-refractivity contribution is 6.01. The van der Waals surface area contributed by atoms with Gasteiger partial charge in [-0.05, 0) is 33.6 Å². The van der Waals surface area contributed by atoms with Crippen molar-refractivity contribution < 1.29 is 14.3 Å². The first-order valence-corrected chi connectivity index (χ1v) is 8.52. The minimum Gasteiger partial charge on any atom is -0.372 e. The molecular formula is C16H29N5O3. The van der Waals surface area contributed by atoms with Gasteiger partial charge < -0.3 is 20.3 Å². The summed E-state index contributed by atoms with van der Waals surface area (Å²) in [6.45, 7) is 8.92. The number of nitrogens with one attached hydrogen (secondary N) is 2. The first kappa shape index (κ1) is 18.5. The molecule has 8 nitrogen and oxygen atoms in total. The van der Waals surface area contributed by atoms with Crippen LogP contribution < -0.4 is 10.6 Å². The van der Waals surface area contributed by atoms with E-state index in [0.29, 0.717) is 13.1 Å². The highest BCUT2D eigenvalue weighted by Gasteiger charge is 2.28. The lowest BCUT2D eigenvalue weighted by Gasteiger charge is -2.37. The lowest BCUT2D eigenvalue weighted by molar-refractivity contribution is -0.124. The van der Waals surface area contributed by atoms with Crippen LogP contribution in [0, 0.1) is 0 Å². The SMILES string of the molecule is CN=C(NCCN1C(=O)CNC1=O)N1CCC(OC(C)(C)C)CC1. The van der Waals surface area contributed by atoms with Gasteiger partial charge in [0.25, 0.3) is 0 Å². The average molecular weight is 339 g/mol. The number of likely N-dealkylation sites (tertiary alicyclic amines) is 1. The van der Waals surface area contributed by atoms with Crippen molar-refractivity contribution in [2.75, 3.05) is 39.8 Å². The maximum atomic E-state index is 11.5. The normalized spacial score (nSPS) is 20.6. The van der Waals surface area contributed by atoms with Gasteiger partial charge in [-0.25, -0.2) is 4.79 Å². The Balaban J connectivity index is 1.75. The zero-order chi connectivity index (χ0) is 17.7. The summed E-state index contributed by atoms with van der Waals surface area (Å²) < 4.78 is 6.04. The van der Waals surface area contributed by atoms with Crippen LogP contribution in [0.1, 0.15) is 33.6 Å². The number of carbonyl (C=O) groups is 2. The Morgan fingerprint density at radius 3 is 2.50 bits per heavy atom. The Hall–Kier alpha value is -1.83. The molecule has 0 aromatic heterocycles. The molecule has 0 bridgehead atoms. The van der Waals surface area contributed by atoms with Gasteiger partial charge in [0, 0.05) is 33.2 Å². The van der Waals surface area contributed by atoms with Crippen molar-refractivity contribution in [3.63, 3.8) is 0 Å². The van der Waals surface area contributed by atoms with Crippen molar-refractivity contribution in [3.05, 3.63) is 0 Å². The maximum absolute atomic E-state index is 11.5. The van der Waals surface area contributed by atoms with E-state index in [-0.39, 0.29) is 30.2 Å².